The number of ether oxygens (including phenoxy) is 1. The maximum atomic E-state index is 11.8. The Hall–Kier alpha value is -1.26. The van der Waals surface area contributed by atoms with Crippen LogP contribution in [0.25, 0.3) is 0 Å². The van der Waals surface area contributed by atoms with Crippen LogP contribution in [0.15, 0.2) is 24.3 Å². The number of amides is 1. The van der Waals surface area contributed by atoms with Gasteiger partial charge in [0.1, 0.15) is 5.75 Å². The minimum Gasteiger partial charge on any atom is -0.484 e. The number of nitrogens with one attached hydrogen (secondary N) is 1. The van der Waals surface area contributed by atoms with Crippen LogP contribution in [-0.4, -0.2) is 24.6 Å². The number of rotatable bonds is 6. The van der Waals surface area contributed by atoms with Gasteiger partial charge >= 0.3 is 0 Å². The van der Waals surface area contributed by atoms with Gasteiger partial charge in [-0.15, -0.1) is 0 Å². The van der Waals surface area contributed by atoms with Gasteiger partial charge in [0.25, 0.3) is 5.91 Å². The summed E-state index contributed by atoms with van der Waals surface area (Å²) in [5.74, 6) is 0.673. The van der Waals surface area contributed by atoms with Crippen molar-refractivity contribution < 1.29 is 9.53 Å². The Morgan fingerprint density at radius 2 is 2.00 bits per heavy atom. The molecule has 1 aromatic rings. The zero-order chi connectivity index (χ0) is 14.5. The Morgan fingerprint density at radius 3 is 2.47 bits per heavy atom. The fraction of sp³-hybridized carbons (Fsp3) is 0.500. The molecule has 0 saturated heterocycles. The third kappa shape index (κ3) is 4.73. The molecule has 0 radical (unpaired) electrons. The Morgan fingerprint density at radius 1 is 1.42 bits per heavy atom. The third-order valence-electron chi connectivity index (χ3n) is 3.31. The summed E-state index contributed by atoms with van der Waals surface area (Å²) >= 11 is 5.77. The first-order valence-corrected chi connectivity index (χ1v) is 6.64. The highest BCUT2D eigenvalue weighted by Gasteiger charge is 2.28. The smallest absolute Gasteiger partial charge is 0.258 e. The molecule has 0 spiro atoms. The average Bonchev–Trinajstić information content (AvgIpc) is 2.37. The number of hydrogen-bond acceptors (Lipinski definition) is 3. The predicted molar refractivity (Wildman–Crippen MR) is 77.4 cm³/mol. The molecule has 1 rings (SSSR count). The minimum absolute atomic E-state index is 0.0378. The van der Waals surface area contributed by atoms with Gasteiger partial charge < -0.3 is 15.8 Å². The van der Waals surface area contributed by atoms with Gasteiger partial charge in [0, 0.05) is 11.6 Å². The van der Waals surface area contributed by atoms with Gasteiger partial charge in [-0.3, -0.25) is 4.79 Å². The normalized spacial score (nSPS) is 14.0. The van der Waals surface area contributed by atoms with Crippen molar-refractivity contribution in [1.29, 1.82) is 0 Å². The molecule has 1 aromatic carbocycles. The number of hydrogen-bond donors (Lipinski definition) is 2. The van der Waals surface area contributed by atoms with Crippen LogP contribution in [0.4, 0.5) is 0 Å². The number of halogens is 1. The van der Waals surface area contributed by atoms with E-state index in [-0.39, 0.29) is 18.4 Å². The topological polar surface area (TPSA) is 64.3 Å². The lowest BCUT2D eigenvalue weighted by atomic mass is 9.88. The summed E-state index contributed by atoms with van der Waals surface area (Å²) < 4.78 is 5.38. The summed E-state index contributed by atoms with van der Waals surface area (Å²) in [5, 5.41) is 3.54. The lowest BCUT2D eigenvalue weighted by Crippen LogP contribution is -2.56. The average molecular weight is 285 g/mol. The van der Waals surface area contributed by atoms with E-state index in [1.54, 1.807) is 24.3 Å². The highest BCUT2D eigenvalue weighted by Crippen LogP contribution is 2.16. The van der Waals surface area contributed by atoms with Gasteiger partial charge in [-0.1, -0.05) is 25.4 Å². The van der Waals surface area contributed by atoms with Crippen LogP contribution in [-0.2, 0) is 4.79 Å². The van der Waals surface area contributed by atoms with Crippen molar-refractivity contribution in [2.45, 2.75) is 26.3 Å². The molecule has 5 heteroatoms. The number of carbonyl (C=O) groups excluding carboxylic acids is 1. The first kappa shape index (κ1) is 15.8. The molecule has 1 atom stereocenters. The van der Waals surface area contributed by atoms with Crippen molar-refractivity contribution in [1.82, 2.24) is 5.32 Å². The third-order valence-corrected chi connectivity index (χ3v) is 3.56. The molecule has 4 nitrogen and oxygen atoms in total. The second-order valence-electron chi connectivity index (χ2n) is 5.07. The molecular weight excluding hydrogens is 264 g/mol. The SMILES string of the molecule is CC(C)C(C)(CN)NC(=O)COc1ccc(Cl)cc1. The number of benzene rings is 1. The van der Waals surface area contributed by atoms with E-state index < -0.39 is 5.54 Å². The molecule has 0 aliphatic carbocycles. The summed E-state index contributed by atoms with van der Waals surface area (Å²) in [7, 11) is 0. The molecule has 0 aliphatic heterocycles. The van der Waals surface area contributed by atoms with Crippen molar-refractivity contribution in [2.24, 2.45) is 11.7 Å². The zero-order valence-corrected chi connectivity index (χ0v) is 12.3. The molecule has 0 fully saturated rings. The van der Waals surface area contributed by atoms with Gasteiger partial charge in [-0.25, -0.2) is 0 Å². The first-order valence-electron chi connectivity index (χ1n) is 6.27. The highest BCUT2D eigenvalue weighted by molar-refractivity contribution is 6.30. The molecule has 19 heavy (non-hydrogen) atoms. The minimum atomic E-state index is -0.416. The fourth-order valence-corrected chi connectivity index (χ4v) is 1.59. The van der Waals surface area contributed by atoms with Gasteiger partial charge in [-0.2, -0.15) is 0 Å². The molecule has 0 aliphatic rings. The molecule has 0 bridgehead atoms. The monoisotopic (exact) mass is 284 g/mol. The van der Waals surface area contributed by atoms with E-state index in [4.69, 9.17) is 22.1 Å². The Balaban J connectivity index is 2.50. The maximum Gasteiger partial charge on any atom is 0.258 e. The van der Waals surface area contributed by atoms with Gasteiger partial charge in [0.2, 0.25) is 0 Å². The second-order valence-corrected chi connectivity index (χ2v) is 5.50. The van der Waals surface area contributed by atoms with Crippen LogP contribution in [0.1, 0.15) is 20.8 Å². The van der Waals surface area contributed by atoms with Gasteiger partial charge in [-0.05, 0) is 37.1 Å². The molecule has 106 valence electrons. The quantitative estimate of drug-likeness (QED) is 0.842. The van der Waals surface area contributed by atoms with E-state index in [9.17, 15) is 4.79 Å². The van der Waals surface area contributed by atoms with Crippen LogP contribution in [0.2, 0.25) is 5.02 Å². The fourth-order valence-electron chi connectivity index (χ4n) is 1.47. The van der Waals surface area contributed by atoms with Crippen molar-refractivity contribution in [3.8, 4) is 5.75 Å². The van der Waals surface area contributed by atoms with Crippen molar-refractivity contribution in [3.63, 3.8) is 0 Å². The molecule has 0 saturated carbocycles. The first-order chi connectivity index (χ1) is 8.87. The summed E-state index contributed by atoms with van der Waals surface area (Å²) in [6.07, 6.45) is 0. The number of carbonyl (C=O) groups is 1. The predicted octanol–water partition coefficient (Wildman–Crippen LogP) is 2.21. The summed E-state index contributed by atoms with van der Waals surface area (Å²) in [6.45, 7) is 6.32. The van der Waals surface area contributed by atoms with Crippen LogP contribution in [0, 0.1) is 5.92 Å². The van der Waals surface area contributed by atoms with Crippen LogP contribution in [0.5, 0.6) is 5.75 Å². The molecule has 3 N–H and O–H groups in total. The number of nitrogens with two attached hydrogens (primary N) is 1. The van der Waals surface area contributed by atoms with E-state index in [1.165, 1.54) is 0 Å². The molecule has 1 amide bonds. The van der Waals surface area contributed by atoms with Crippen LogP contribution >= 0.6 is 11.6 Å². The molecule has 0 heterocycles. The lowest BCUT2D eigenvalue weighted by Gasteiger charge is -2.33. The second kappa shape index (κ2) is 6.78. The summed E-state index contributed by atoms with van der Waals surface area (Å²) in [6, 6.07) is 6.88. The van der Waals surface area contributed by atoms with E-state index in [0.717, 1.165) is 0 Å². The molecular formula is C14H21ClN2O2. The van der Waals surface area contributed by atoms with E-state index in [1.807, 2.05) is 20.8 Å². The Kier molecular flexibility index (Phi) is 5.63. The Labute approximate surface area is 119 Å². The standard InChI is InChI=1S/C14H21ClN2O2/c1-10(2)14(3,9-16)17-13(18)8-19-12-6-4-11(15)5-7-12/h4-7,10H,8-9,16H2,1-3H3,(H,17,18). The van der Waals surface area contributed by atoms with Crippen molar-refractivity contribution in [3.05, 3.63) is 29.3 Å². The van der Waals surface area contributed by atoms with Crippen molar-refractivity contribution >= 4 is 17.5 Å². The van der Waals surface area contributed by atoms with Crippen LogP contribution in [0.3, 0.4) is 0 Å². The highest BCUT2D eigenvalue weighted by atomic mass is 35.5. The van der Waals surface area contributed by atoms with Crippen molar-refractivity contribution in [2.75, 3.05) is 13.2 Å². The summed E-state index contributed by atoms with van der Waals surface area (Å²) in [4.78, 5) is 11.8. The van der Waals surface area contributed by atoms with E-state index in [2.05, 4.69) is 5.32 Å². The lowest BCUT2D eigenvalue weighted by molar-refractivity contribution is -0.125. The van der Waals surface area contributed by atoms with Gasteiger partial charge in [0.05, 0.1) is 5.54 Å². The summed E-state index contributed by atoms with van der Waals surface area (Å²) in [5.41, 5.74) is 5.29. The largest absolute Gasteiger partial charge is 0.484 e. The zero-order valence-electron chi connectivity index (χ0n) is 11.6. The molecule has 1 unspecified atom stereocenters. The van der Waals surface area contributed by atoms with Crippen LogP contribution < -0.4 is 15.8 Å². The maximum absolute atomic E-state index is 11.8. The Bertz CT molecular complexity index is 420. The van der Waals surface area contributed by atoms with E-state index in [0.29, 0.717) is 17.3 Å². The van der Waals surface area contributed by atoms with Gasteiger partial charge in [0.15, 0.2) is 6.61 Å². The molecule has 0 aromatic heterocycles. The van der Waals surface area contributed by atoms with E-state index >= 15 is 0 Å².